The molecule has 0 bridgehead atoms. The predicted molar refractivity (Wildman–Crippen MR) is 137 cm³/mol. The molecule has 3 N–H and O–H groups in total. The van der Waals surface area contributed by atoms with E-state index in [1.807, 2.05) is 74.5 Å². The highest BCUT2D eigenvalue weighted by molar-refractivity contribution is 9.09. The predicted octanol–water partition coefficient (Wildman–Crippen LogP) is 3.14. The van der Waals surface area contributed by atoms with Gasteiger partial charge < -0.3 is 20.7 Å². The molecule has 0 heterocycles. The van der Waals surface area contributed by atoms with Crippen molar-refractivity contribution in [2.75, 3.05) is 11.9 Å². The van der Waals surface area contributed by atoms with Crippen molar-refractivity contribution in [1.29, 1.82) is 0 Å². The summed E-state index contributed by atoms with van der Waals surface area (Å²) >= 11 is 3.18. The summed E-state index contributed by atoms with van der Waals surface area (Å²) < 4.78 is 5.09. The molecule has 188 valence electrons. The lowest BCUT2D eigenvalue weighted by Gasteiger charge is -2.24. The molecule has 8 nitrogen and oxygen atoms in total. The van der Waals surface area contributed by atoms with Crippen LogP contribution in [0.2, 0.25) is 0 Å². The Morgan fingerprint density at radius 2 is 1.46 bits per heavy atom. The summed E-state index contributed by atoms with van der Waals surface area (Å²) in [6, 6.07) is 17.0. The fourth-order valence-electron chi connectivity index (χ4n) is 3.34. The Hall–Kier alpha value is -3.20. The summed E-state index contributed by atoms with van der Waals surface area (Å²) in [6.45, 7) is 3.59. The Morgan fingerprint density at radius 3 is 2.03 bits per heavy atom. The molecule has 0 unspecified atom stereocenters. The highest BCUT2D eigenvalue weighted by Gasteiger charge is 2.27. The van der Waals surface area contributed by atoms with Crippen LogP contribution in [0, 0.1) is 5.92 Å². The summed E-state index contributed by atoms with van der Waals surface area (Å²) in [5, 5.41) is 7.93. The number of benzene rings is 2. The number of hydrogen-bond donors (Lipinski definition) is 3. The number of amides is 3. The fourth-order valence-corrected chi connectivity index (χ4v) is 3.73. The van der Waals surface area contributed by atoms with Crippen molar-refractivity contribution >= 4 is 39.6 Å². The Morgan fingerprint density at radius 1 is 0.857 bits per heavy atom. The average molecular weight is 546 g/mol. The van der Waals surface area contributed by atoms with Gasteiger partial charge in [-0.15, -0.1) is 0 Å². The van der Waals surface area contributed by atoms with Crippen LogP contribution < -0.4 is 16.0 Å². The first-order valence-electron chi connectivity index (χ1n) is 11.4. The molecule has 0 aliphatic rings. The zero-order chi connectivity index (χ0) is 25.6. The molecule has 9 heteroatoms. The van der Waals surface area contributed by atoms with Gasteiger partial charge >= 0.3 is 6.09 Å². The van der Waals surface area contributed by atoms with Gasteiger partial charge in [0.15, 0.2) is 5.78 Å². The first kappa shape index (κ1) is 28.0. The smallest absolute Gasteiger partial charge is 0.407 e. The van der Waals surface area contributed by atoms with Gasteiger partial charge in [-0.2, -0.15) is 0 Å². The molecule has 0 fully saturated rings. The first-order chi connectivity index (χ1) is 16.8. The highest BCUT2D eigenvalue weighted by atomic mass is 79.9. The number of alkyl carbamates (subject to hydrolysis) is 1. The third-order valence-electron chi connectivity index (χ3n) is 5.08. The quantitative estimate of drug-likeness (QED) is 0.334. The molecule has 0 aliphatic heterocycles. The van der Waals surface area contributed by atoms with Gasteiger partial charge in [-0.3, -0.25) is 14.4 Å². The summed E-state index contributed by atoms with van der Waals surface area (Å²) in [7, 11) is 0. The van der Waals surface area contributed by atoms with E-state index in [1.54, 1.807) is 0 Å². The van der Waals surface area contributed by atoms with Crippen LogP contribution in [0.25, 0.3) is 0 Å². The van der Waals surface area contributed by atoms with E-state index in [0.717, 1.165) is 11.1 Å². The lowest BCUT2D eigenvalue weighted by atomic mass is 10.00. The van der Waals surface area contributed by atoms with E-state index in [9.17, 15) is 19.2 Å². The van der Waals surface area contributed by atoms with E-state index in [4.69, 9.17) is 4.74 Å². The van der Waals surface area contributed by atoms with Crippen molar-refractivity contribution in [1.82, 2.24) is 16.0 Å². The van der Waals surface area contributed by atoms with Gasteiger partial charge in [-0.05, 0) is 29.9 Å². The van der Waals surface area contributed by atoms with Gasteiger partial charge in [0.05, 0.1) is 11.4 Å². The van der Waals surface area contributed by atoms with E-state index < -0.39 is 30.0 Å². The number of alkyl halides is 1. The van der Waals surface area contributed by atoms with Crippen LogP contribution in [-0.2, 0) is 32.1 Å². The van der Waals surface area contributed by atoms with Crippen LogP contribution in [0.15, 0.2) is 60.7 Å². The molecule has 0 aromatic heterocycles. The van der Waals surface area contributed by atoms with Gasteiger partial charge in [-0.1, -0.05) is 90.4 Å². The Bertz CT molecular complexity index is 969. The lowest BCUT2D eigenvalue weighted by Crippen LogP contribution is -2.54. The largest absolute Gasteiger partial charge is 0.445 e. The second-order valence-corrected chi connectivity index (χ2v) is 9.08. The maximum absolute atomic E-state index is 13.0. The van der Waals surface area contributed by atoms with Crippen LogP contribution >= 0.6 is 15.9 Å². The van der Waals surface area contributed by atoms with Crippen LogP contribution in [0.4, 0.5) is 4.79 Å². The van der Waals surface area contributed by atoms with Crippen LogP contribution in [0.1, 0.15) is 31.4 Å². The number of Topliss-reactive ketones (excluding diaryl/α,β-unsaturated/α-hetero) is 1. The summed E-state index contributed by atoms with van der Waals surface area (Å²) in [5.41, 5.74) is 1.73. The van der Waals surface area contributed by atoms with Crippen molar-refractivity contribution in [3.8, 4) is 0 Å². The minimum atomic E-state index is -0.856. The van der Waals surface area contributed by atoms with Crippen molar-refractivity contribution in [2.45, 2.75) is 45.4 Å². The fraction of sp³-hybridized carbons (Fsp3) is 0.385. The van der Waals surface area contributed by atoms with Crippen molar-refractivity contribution in [2.24, 2.45) is 5.92 Å². The lowest BCUT2D eigenvalue weighted by molar-refractivity contribution is -0.131. The van der Waals surface area contributed by atoms with Crippen molar-refractivity contribution in [3.63, 3.8) is 0 Å². The van der Waals surface area contributed by atoms with E-state index in [-0.39, 0.29) is 30.2 Å². The summed E-state index contributed by atoms with van der Waals surface area (Å²) in [4.78, 5) is 49.8. The molecule has 2 aromatic rings. The number of carbonyl (C=O) groups excluding carboxylic acids is 4. The van der Waals surface area contributed by atoms with Crippen molar-refractivity contribution in [3.05, 3.63) is 71.8 Å². The molecule has 0 saturated carbocycles. The highest BCUT2D eigenvalue weighted by Crippen LogP contribution is 2.09. The van der Waals surface area contributed by atoms with Gasteiger partial charge in [0.25, 0.3) is 0 Å². The number of nitrogens with one attached hydrogen (secondary N) is 3. The number of halogens is 1. The van der Waals surface area contributed by atoms with Crippen LogP contribution in [0.3, 0.4) is 0 Å². The van der Waals surface area contributed by atoms with Crippen LogP contribution in [-0.4, -0.2) is 47.6 Å². The topological polar surface area (TPSA) is 114 Å². The minimum absolute atomic E-state index is 0.0804. The summed E-state index contributed by atoms with van der Waals surface area (Å²) in [5.74, 6) is -1.04. The SMILES string of the molecule is CC(C)C[C@H](NC(=O)CNC(=O)OCc1ccccc1)C(=O)N[C@H](Cc1ccccc1)C(=O)CBr. The second kappa shape index (κ2) is 14.9. The Kier molecular flexibility index (Phi) is 12.0. The number of ether oxygens (including phenoxy) is 1. The summed E-state index contributed by atoms with van der Waals surface area (Å²) in [6.07, 6.45) is -0.0233. The monoisotopic (exact) mass is 545 g/mol. The molecule has 0 saturated heterocycles. The number of hydrogen-bond acceptors (Lipinski definition) is 5. The third kappa shape index (κ3) is 10.7. The van der Waals surface area contributed by atoms with E-state index >= 15 is 0 Å². The molecule has 0 spiro atoms. The number of ketones is 1. The van der Waals surface area contributed by atoms with Gasteiger partial charge in [0, 0.05) is 0 Å². The number of rotatable bonds is 13. The Balaban J connectivity index is 1.92. The Labute approximate surface area is 214 Å². The molecule has 2 aromatic carbocycles. The zero-order valence-corrected chi connectivity index (χ0v) is 21.5. The maximum atomic E-state index is 13.0. The van der Waals surface area contributed by atoms with E-state index in [0.29, 0.717) is 12.8 Å². The van der Waals surface area contributed by atoms with Gasteiger partial charge in [-0.25, -0.2) is 4.79 Å². The standard InChI is InChI=1S/C26H32BrN3O5/c1-18(2)13-22(25(33)30-21(23(31)15-27)14-19-9-5-3-6-10-19)29-24(32)16-28-26(34)35-17-20-11-7-4-8-12-20/h3-12,18,21-22H,13-17H2,1-2H3,(H,28,34)(H,29,32)(H,30,33)/t21-,22+/m1/s1. The molecule has 2 atom stereocenters. The maximum Gasteiger partial charge on any atom is 0.407 e. The van der Waals surface area contributed by atoms with Gasteiger partial charge in [0.1, 0.15) is 19.2 Å². The third-order valence-corrected chi connectivity index (χ3v) is 5.64. The van der Waals surface area contributed by atoms with Gasteiger partial charge in [0.2, 0.25) is 11.8 Å². The van der Waals surface area contributed by atoms with Crippen molar-refractivity contribution < 1.29 is 23.9 Å². The molecule has 0 aliphatic carbocycles. The molecule has 3 amide bonds. The van der Waals surface area contributed by atoms with E-state index in [2.05, 4.69) is 31.9 Å². The second-order valence-electron chi connectivity index (χ2n) is 8.52. The molecule has 35 heavy (non-hydrogen) atoms. The number of carbonyl (C=O) groups is 4. The minimum Gasteiger partial charge on any atom is -0.445 e. The molecule has 2 rings (SSSR count). The average Bonchev–Trinajstić information content (AvgIpc) is 2.85. The zero-order valence-electron chi connectivity index (χ0n) is 20.0. The molecular weight excluding hydrogens is 514 g/mol. The van der Waals surface area contributed by atoms with E-state index in [1.165, 1.54) is 0 Å². The molecular formula is C26H32BrN3O5. The first-order valence-corrected chi connectivity index (χ1v) is 12.6. The molecule has 0 radical (unpaired) electrons. The van der Waals surface area contributed by atoms with Crippen LogP contribution in [0.5, 0.6) is 0 Å². The normalized spacial score (nSPS) is 12.3.